The summed E-state index contributed by atoms with van der Waals surface area (Å²) in [6, 6.07) is 15.9. The predicted octanol–water partition coefficient (Wildman–Crippen LogP) is 6.50. The summed E-state index contributed by atoms with van der Waals surface area (Å²) in [7, 11) is 3.98. The Labute approximate surface area is 339 Å². The number of carbonyl (C=O) groups excluding carboxylic acids is 1. The van der Waals surface area contributed by atoms with E-state index >= 15 is 0 Å². The Balaban J connectivity index is 0.000000220. The molecule has 0 aliphatic carbocycles. The van der Waals surface area contributed by atoms with Gasteiger partial charge in [0.2, 0.25) is 11.2 Å². The van der Waals surface area contributed by atoms with Crippen LogP contribution in [0.3, 0.4) is 0 Å². The molecule has 17 heteroatoms. The Morgan fingerprint density at radius 3 is 2.42 bits per heavy atom. The van der Waals surface area contributed by atoms with Crippen molar-refractivity contribution in [3.05, 3.63) is 83.2 Å². The number of ether oxygens (including phenoxy) is 3. The quantitative estimate of drug-likeness (QED) is 0.124. The molecule has 2 aliphatic rings. The minimum atomic E-state index is -0.589. The van der Waals surface area contributed by atoms with Crippen LogP contribution >= 0.6 is 11.6 Å². The molecule has 306 valence electrons. The normalized spacial score (nSPS) is 14.2. The van der Waals surface area contributed by atoms with Crippen LogP contribution < -0.4 is 26.8 Å². The van der Waals surface area contributed by atoms with E-state index in [4.69, 9.17) is 37.3 Å². The number of rotatable bonds is 8. The lowest BCUT2D eigenvalue weighted by atomic mass is 10.1. The highest BCUT2D eigenvalue weighted by atomic mass is 35.5. The first-order valence-electron chi connectivity index (χ1n) is 18.6. The summed E-state index contributed by atoms with van der Waals surface area (Å²) in [4.78, 5) is 35.2. The molecule has 0 radical (unpaired) electrons. The average molecular weight is 803 g/mol. The molecule has 2 aromatic carbocycles. The second-order valence-corrected chi connectivity index (χ2v) is 15.2. The average Bonchev–Trinajstić information content (AvgIpc) is 3.89. The fourth-order valence-corrected chi connectivity index (χ4v) is 5.15. The lowest BCUT2D eigenvalue weighted by Gasteiger charge is -2.19. The maximum atomic E-state index is 12.3. The van der Waals surface area contributed by atoms with E-state index in [0.29, 0.717) is 47.5 Å². The van der Waals surface area contributed by atoms with Crippen LogP contribution in [0.1, 0.15) is 58.0 Å². The first-order valence-corrected chi connectivity index (χ1v) is 19.0. The van der Waals surface area contributed by atoms with Gasteiger partial charge in [0.25, 0.3) is 0 Å². The minimum Gasteiger partial charge on any atom is -0.476 e. The maximum absolute atomic E-state index is 12.3. The Bertz CT molecular complexity index is 2080. The Morgan fingerprint density at radius 1 is 1.05 bits per heavy atom. The van der Waals surface area contributed by atoms with Gasteiger partial charge in [-0.15, -0.1) is 0 Å². The highest BCUT2D eigenvalue weighted by Gasteiger charge is 2.20. The summed E-state index contributed by atoms with van der Waals surface area (Å²) in [5.41, 5.74) is 14.8. The lowest BCUT2D eigenvalue weighted by Crippen LogP contribution is -2.27. The van der Waals surface area contributed by atoms with E-state index in [0.717, 1.165) is 55.0 Å². The third-order valence-electron chi connectivity index (χ3n) is 7.51. The van der Waals surface area contributed by atoms with E-state index in [2.05, 4.69) is 46.7 Å². The number of hydrogen-bond acceptors (Lipinski definition) is 15. The van der Waals surface area contributed by atoms with Crippen LogP contribution in [0, 0.1) is 6.92 Å². The molecule has 7 rings (SSSR count). The number of anilines is 4. The van der Waals surface area contributed by atoms with E-state index in [-0.39, 0.29) is 5.28 Å². The van der Waals surface area contributed by atoms with Gasteiger partial charge in [-0.25, -0.2) is 19.7 Å². The van der Waals surface area contributed by atoms with E-state index < -0.39 is 11.7 Å². The predicted molar refractivity (Wildman–Crippen MR) is 226 cm³/mol. The molecule has 5 heterocycles. The van der Waals surface area contributed by atoms with Crippen molar-refractivity contribution < 1.29 is 19.0 Å². The summed E-state index contributed by atoms with van der Waals surface area (Å²) in [6.45, 7) is 14.9. The number of benzene rings is 2. The van der Waals surface area contributed by atoms with E-state index in [1.165, 1.54) is 10.2 Å². The van der Waals surface area contributed by atoms with Crippen LogP contribution in [0.15, 0.2) is 65.9 Å². The van der Waals surface area contributed by atoms with Gasteiger partial charge in [0.1, 0.15) is 29.7 Å². The van der Waals surface area contributed by atoms with Crippen LogP contribution in [0.4, 0.5) is 27.8 Å². The van der Waals surface area contributed by atoms with Crippen molar-refractivity contribution in [3.8, 4) is 5.88 Å². The smallest absolute Gasteiger partial charge is 0.435 e. The van der Waals surface area contributed by atoms with Crippen LogP contribution in [0.25, 0.3) is 10.9 Å². The number of halogens is 1. The number of nitrogens with two attached hydrogens (primary N) is 2. The summed E-state index contributed by atoms with van der Waals surface area (Å²) < 4.78 is 17.3. The van der Waals surface area contributed by atoms with Crippen LogP contribution in [-0.2, 0) is 16.0 Å². The summed E-state index contributed by atoms with van der Waals surface area (Å²) in [5, 5.41) is 11.6. The minimum absolute atomic E-state index is 0.234. The molecule has 1 saturated heterocycles. The van der Waals surface area contributed by atoms with Crippen LogP contribution in [0.2, 0.25) is 5.28 Å². The summed E-state index contributed by atoms with van der Waals surface area (Å²) in [6.07, 6.45) is 5.66. The standard InChI is InChI=1S/C21H28N6O3.C12H9ClN4.C4H9NO.C3H9N/c1-14-23-18(12-19(24-14)29-10-9-26(5)6)25-16-7-8-17-15(11-16)13-22-27(17)20(28)30-21(2,3)4;13-12-15-4-3-11(17-12)16-10-2-1-8-6-14-7-9(8)5-10;5-4-1-2-6-3-4;1-3(2)4/h7-8,11-13H,9-10H2,1-6H3,(H,23,24,25);1-5,7H,6H2,(H,15,16,17);4H,1-3,5H2;3H,4H2,1-2H3. The molecule has 5 aromatic rings. The molecule has 0 spiro atoms. The van der Waals surface area contributed by atoms with Gasteiger partial charge in [-0.05, 0) is 113 Å². The number of likely N-dealkylation sites (N-methyl/N-ethyl adjacent to an activating group) is 1. The largest absolute Gasteiger partial charge is 0.476 e. The van der Waals surface area contributed by atoms with Gasteiger partial charge < -0.3 is 41.2 Å². The second kappa shape index (κ2) is 21.3. The molecule has 0 saturated carbocycles. The van der Waals surface area contributed by atoms with Crippen molar-refractivity contribution in [2.75, 3.05) is 51.1 Å². The molecular formula is C40H55ClN12O4. The monoisotopic (exact) mass is 802 g/mol. The van der Waals surface area contributed by atoms with Gasteiger partial charge in [-0.2, -0.15) is 14.8 Å². The Kier molecular flexibility index (Phi) is 16.6. The molecule has 57 heavy (non-hydrogen) atoms. The Morgan fingerprint density at radius 2 is 1.77 bits per heavy atom. The molecule has 2 aliphatic heterocycles. The zero-order chi connectivity index (χ0) is 41.5. The van der Waals surface area contributed by atoms with Crippen LogP contribution in [0.5, 0.6) is 5.88 Å². The molecule has 16 nitrogen and oxygen atoms in total. The fourth-order valence-electron chi connectivity index (χ4n) is 5.00. The second-order valence-electron chi connectivity index (χ2n) is 14.8. The molecule has 1 unspecified atom stereocenters. The summed E-state index contributed by atoms with van der Waals surface area (Å²) >= 11 is 5.72. The highest BCUT2D eigenvalue weighted by molar-refractivity contribution is 6.28. The molecule has 6 N–H and O–H groups in total. The topological polar surface area (TPSA) is 206 Å². The molecule has 3 aromatic heterocycles. The number of aryl methyl sites for hydroxylation is 1. The summed E-state index contributed by atoms with van der Waals surface area (Å²) in [5.74, 6) is 2.44. The molecular weight excluding hydrogens is 748 g/mol. The number of nitrogens with one attached hydrogen (secondary N) is 2. The number of fused-ring (bicyclic) bond motifs is 2. The number of carbonyl (C=O) groups is 1. The van der Waals surface area contributed by atoms with Gasteiger partial charge >= 0.3 is 6.09 Å². The molecule has 0 bridgehead atoms. The molecule has 0 amide bonds. The van der Waals surface area contributed by atoms with Gasteiger partial charge in [-0.3, -0.25) is 4.99 Å². The lowest BCUT2D eigenvalue weighted by molar-refractivity contribution is 0.0522. The fraction of sp³-hybridized carbons (Fsp3) is 0.425. The first-order chi connectivity index (χ1) is 27.0. The van der Waals surface area contributed by atoms with Gasteiger partial charge in [0, 0.05) is 54.4 Å². The Hall–Kier alpha value is -5.26. The van der Waals surface area contributed by atoms with Crippen molar-refractivity contribution in [1.29, 1.82) is 0 Å². The van der Waals surface area contributed by atoms with Crippen molar-refractivity contribution in [3.63, 3.8) is 0 Å². The molecule has 1 atom stereocenters. The number of hydrogen-bond donors (Lipinski definition) is 4. The zero-order valence-electron chi connectivity index (χ0n) is 34.0. The number of aliphatic imine (C=N–C) groups is 1. The van der Waals surface area contributed by atoms with Gasteiger partial charge in [-0.1, -0.05) is 19.9 Å². The van der Waals surface area contributed by atoms with E-state index in [1.807, 2.05) is 97.1 Å². The molecule has 1 fully saturated rings. The van der Waals surface area contributed by atoms with Gasteiger partial charge in [0.15, 0.2) is 0 Å². The van der Waals surface area contributed by atoms with E-state index in [9.17, 15) is 4.79 Å². The number of aromatic nitrogens is 6. The third-order valence-corrected chi connectivity index (χ3v) is 7.69. The van der Waals surface area contributed by atoms with Crippen molar-refractivity contribution in [2.45, 2.75) is 72.2 Å². The highest BCUT2D eigenvalue weighted by Crippen LogP contribution is 2.25. The van der Waals surface area contributed by atoms with Crippen LogP contribution in [-0.4, -0.2) is 105 Å². The van der Waals surface area contributed by atoms with Crippen molar-refractivity contribution in [2.24, 2.45) is 16.5 Å². The first kappa shape index (κ1) is 44.5. The number of nitrogens with zero attached hydrogens (tertiary/aromatic N) is 8. The zero-order valence-corrected chi connectivity index (χ0v) is 34.7. The van der Waals surface area contributed by atoms with Crippen molar-refractivity contribution >= 4 is 57.8 Å². The van der Waals surface area contributed by atoms with Crippen molar-refractivity contribution in [1.82, 2.24) is 34.6 Å². The van der Waals surface area contributed by atoms with Gasteiger partial charge in [0.05, 0.1) is 24.9 Å². The van der Waals surface area contributed by atoms with E-state index in [1.54, 1.807) is 24.5 Å². The maximum Gasteiger partial charge on any atom is 0.435 e. The SMILES string of the molecule is CC(C)N.Cc1nc(Nc2ccc3c(cnn3C(=O)OC(C)(C)C)c2)cc(OCCN(C)C)n1.Clc1nccc(Nc2ccc3c(c2)C=NC3)n1.NC1CCOC1. The third kappa shape index (κ3) is 15.7.